The highest BCUT2D eigenvalue weighted by Gasteiger charge is 2.37. The molecule has 1 amide bonds. The van der Waals surface area contributed by atoms with E-state index in [1.54, 1.807) is 20.8 Å². The van der Waals surface area contributed by atoms with Gasteiger partial charge in [0.2, 0.25) is 6.79 Å². The fourth-order valence-corrected chi connectivity index (χ4v) is 4.63. The van der Waals surface area contributed by atoms with Crippen LogP contribution in [-0.4, -0.2) is 61.1 Å². The first-order chi connectivity index (χ1) is 21.3. The van der Waals surface area contributed by atoms with Gasteiger partial charge in [0.1, 0.15) is 29.7 Å². The van der Waals surface area contributed by atoms with Crippen LogP contribution < -0.4 is 24.3 Å². The Labute approximate surface area is 256 Å². The molecule has 0 aliphatic carbocycles. The van der Waals surface area contributed by atoms with E-state index in [0.29, 0.717) is 24.3 Å². The molecule has 1 fully saturated rings. The first-order valence-electron chi connectivity index (χ1n) is 14.5. The molecule has 44 heavy (non-hydrogen) atoms. The molecule has 0 saturated carbocycles. The van der Waals surface area contributed by atoms with Crippen molar-refractivity contribution in [2.24, 2.45) is 5.92 Å². The number of carbonyl (C=O) groups is 3. The Kier molecular flexibility index (Phi) is 11.4. The van der Waals surface area contributed by atoms with Crippen LogP contribution in [0.1, 0.15) is 50.5 Å². The molecular formula is C33H38N2O9. The van der Waals surface area contributed by atoms with Crippen LogP contribution in [0.15, 0.2) is 72.9 Å². The topological polar surface area (TPSA) is 132 Å². The molecule has 1 N–H and O–H groups in total. The van der Waals surface area contributed by atoms with Crippen molar-refractivity contribution in [2.75, 3.05) is 13.9 Å². The van der Waals surface area contributed by atoms with Gasteiger partial charge in [-0.25, -0.2) is 9.78 Å². The summed E-state index contributed by atoms with van der Waals surface area (Å²) in [7, 11) is 1.41. The monoisotopic (exact) mass is 606 g/mol. The maximum atomic E-state index is 13.5. The minimum Gasteiger partial charge on any atom is -0.493 e. The lowest BCUT2D eigenvalue weighted by Crippen LogP contribution is -2.47. The van der Waals surface area contributed by atoms with Gasteiger partial charge < -0.3 is 33.7 Å². The van der Waals surface area contributed by atoms with E-state index in [1.807, 2.05) is 60.7 Å². The van der Waals surface area contributed by atoms with Crippen molar-refractivity contribution in [1.82, 2.24) is 10.3 Å². The third-order valence-corrected chi connectivity index (χ3v) is 6.93. The molecule has 0 spiro atoms. The van der Waals surface area contributed by atoms with E-state index in [4.69, 9.17) is 28.4 Å². The van der Waals surface area contributed by atoms with Crippen LogP contribution in [0.5, 0.6) is 23.0 Å². The number of nitrogens with one attached hydrogen (secondary N) is 1. The van der Waals surface area contributed by atoms with E-state index in [2.05, 4.69) is 10.3 Å². The zero-order valence-corrected chi connectivity index (χ0v) is 25.3. The van der Waals surface area contributed by atoms with Crippen LogP contribution in [0.2, 0.25) is 0 Å². The van der Waals surface area contributed by atoms with Crippen molar-refractivity contribution >= 4 is 17.8 Å². The lowest BCUT2D eigenvalue weighted by molar-refractivity contribution is -0.157. The van der Waals surface area contributed by atoms with E-state index in [1.165, 1.54) is 19.4 Å². The Morgan fingerprint density at radius 3 is 2.27 bits per heavy atom. The SMILES string of the molecule is COc1ccnc(C(=O)N[C@H]2CCC[C@H](Oc3ccccc3)[C@@H](Oc3ccccc3)[C@H](C)OC2=O)c1OCOC(=O)C(C)C. The highest BCUT2D eigenvalue weighted by molar-refractivity contribution is 5.98. The average molecular weight is 607 g/mol. The maximum Gasteiger partial charge on any atom is 0.329 e. The lowest BCUT2D eigenvalue weighted by Gasteiger charge is -2.31. The number of pyridine rings is 1. The van der Waals surface area contributed by atoms with Crippen LogP contribution in [0.25, 0.3) is 0 Å². The lowest BCUT2D eigenvalue weighted by atomic mass is 10.0. The first kappa shape index (κ1) is 32.1. The molecule has 0 unspecified atom stereocenters. The third-order valence-electron chi connectivity index (χ3n) is 6.93. The Morgan fingerprint density at radius 1 is 0.977 bits per heavy atom. The summed E-state index contributed by atoms with van der Waals surface area (Å²) < 4.78 is 34.6. The highest BCUT2D eigenvalue weighted by Crippen LogP contribution is 2.30. The molecule has 1 aromatic heterocycles. The second-order valence-electron chi connectivity index (χ2n) is 10.5. The van der Waals surface area contributed by atoms with E-state index in [0.717, 1.165) is 0 Å². The molecule has 4 rings (SSSR count). The quantitative estimate of drug-likeness (QED) is 0.241. The molecular weight excluding hydrogens is 568 g/mol. The Bertz CT molecular complexity index is 1380. The van der Waals surface area contributed by atoms with Gasteiger partial charge in [-0.3, -0.25) is 9.59 Å². The predicted molar refractivity (Wildman–Crippen MR) is 160 cm³/mol. The summed E-state index contributed by atoms with van der Waals surface area (Å²) in [5.41, 5.74) is -0.138. The van der Waals surface area contributed by atoms with Gasteiger partial charge in [0.25, 0.3) is 5.91 Å². The number of para-hydroxylation sites is 2. The molecule has 234 valence electrons. The highest BCUT2D eigenvalue weighted by atomic mass is 16.7. The van der Waals surface area contributed by atoms with Crippen LogP contribution in [0.3, 0.4) is 0 Å². The van der Waals surface area contributed by atoms with Gasteiger partial charge in [-0.15, -0.1) is 0 Å². The first-order valence-corrected chi connectivity index (χ1v) is 14.5. The summed E-state index contributed by atoms with van der Waals surface area (Å²) in [4.78, 5) is 42.9. The van der Waals surface area contributed by atoms with Gasteiger partial charge in [-0.05, 0) is 50.5 Å². The van der Waals surface area contributed by atoms with Gasteiger partial charge in [-0.1, -0.05) is 50.2 Å². The number of cyclic esters (lactones) is 1. The number of rotatable bonds is 11. The molecule has 0 radical (unpaired) electrons. The standard InChI is InChI=1S/C33H38N2O9/c1-21(2)32(37)41-20-40-30-26(39-4)18-19-34-28(30)31(36)35-25-16-11-17-27(43-23-12-7-5-8-13-23)29(22(3)42-33(25)38)44-24-14-9-6-10-15-24/h5-10,12-15,18-19,21-22,25,27,29H,11,16-17,20H2,1-4H3,(H,35,36)/t22-,25-,27-,29-/m0/s1. The minimum atomic E-state index is -0.988. The molecule has 11 nitrogen and oxygen atoms in total. The number of hydrogen-bond donors (Lipinski definition) is 1. The number of nitrogens with zero attached hydrogens (tertiary/aromatic N) is 1. The number of hydrogen-bond acceptors (Lipinski definition) is 10. The van der Waals surface area contributed by atoms with Crippen molar-refractivity contribution in [3.05, 3.63) is 78.6 Å². The van der Waals surface area contributed by atoms with Crippen LogP contribution in [0, 0.1) is 5.92 Å². The molecule has 2 heterocycles. The van der Waals surface area contributed by atoms with Crippen LogP contribution in [0.4, 0.5) is 0 Å². The molecule has 1 aliphatic rings. The molecule has 0 bridgehead atoms. The Balaban J connectivity index is 1.52. The number of aromatic nitrogens is 1. The molecule has 1 aliphatic heterocycles. The second kappa shape index (κ2) is 15.6. The molecule has 2 aromatic carbocycles. The summed E-state index contributed by atoms with van der Waals surface area (Å²) in [5, 5.41) is 2.74. The number of esters is 2. The van der Waals surface area contributed by atoms with Gasteiger partial charge in [0, 0.05) is 12.3 Å². The zero-order chi connectivity index (χ0) is 31.5. The molecule has 11 heteroatoms. The van der Waals surface area contributed by atoms with Gasteiger partial charge >= 0.3 is 11.9 Å². The smallest absolute Gasteiger partial charge is 0.329 e. The van der Waals surface area contributed by atoms with Crippen molar-refractivity contribution < 1.29 is 42.8 Å². The van der Waals surface area contributed by atoms with Gasteiger partial charge in [0.15, 0.2) is 23.3 Å². The Hall–Kier alpha value is -4.80. The van der Waals surface area contributed by atoms with E-state index in [-0.39, 0.29) is 29.5 Å². The van der Waals surface area contributed by atoms with Crippen molar-refractivity contribution in [1.29, 1.82) is 0 Å². The van der Waals surface area contributed by atoms with Gasteiger partial charge in [-0.2, -0.15) is 0 Å². The third kappa shape index (κ3) is 8.62. The van der Waals surface area contributed by atoms with Crippen LogP contribution in [-0.2, 0) is 19.1 Å². The maximum absolute atomic E-state index is 13.5. The summed E-state index contributed by atoms with van der Waals surface area (Å²) in [6.45, 7) is 4.67. The molecule has 1 saturated heterocycles. The van der Waals surface area contributed by atoms with E-state index >= 15 is 0 Å². The molecule has 3 aromatic rings. The summed E-state index contributed by atoms with van der Waals surface area (Å²) in [6, 6.07) is 19.2. The second-order valence-corrected chi connectivity index (χ2v) is 10.5. The van der Waals surface area contributed by atoms with Gasteiger partial charge in [0.05, 0.1) is 13.0 Å². The fraction of sp³-hybridized carbons (Fsp3) is 0.394. The summed E-state index contributed by atoms with van der Waals surface area (Å²) in [6.07, 6.45) is 0.870. The predicted octanol–water partition coefficient (Wildman–Crippen LogP) is 4.73. The summed E-state index contributed by atoms with van der Waals surface area (Å²) >= 11 is 0. The summed E-state index contributed by atoms with van der Waals surface area (Å²) in [5.74, 6) is -0.671. The largest absolute Gasteiger partial charge is 0.493 e. The number of ether oxygens (including phenoxy) is 6. The fourth-order valence-electron chi connectivity index (χ4n) is 4.63. The normalized spacial score (nSPS) is 20.2. The van der Waals surface area contributed by atoms with Crippen molar-refractivity contribution in [3.8, 4) is 23.0 Å². The zero-order valence-electron chi connectivity index (χ0n) is 25.3. The average Bonchev–Trinajstić information content (AvgIpc) is 3.07. The van der Waals surface area contributed by atoms with E-state index in [9.17, 15) is 14.4 Å². The van der Waals surface area contributed by atoms with E-state index < -0.39 is 49.0 Å². The Morgan fingerprint density at radius 2 is 1.64 bits per heavy atom. The minimum absolute atomic E-state index is 0.0264. The van der Waals surface area contributed by atoms with Crippen molar-refractivity contribution in [3.63, 3.8) is 0 Å². The van der Waals surface area contributed by atoms with Crippen molar-refractivity contribution in [2.45, 2.75) is 64.4 Å². The number of benzene rings is 2. The number of carbonyl (C=O) groups excluding carboxylic acids is 3. The van der Waals surface area contributed by atoms with Crippen LogP contribution >= 0.6 is 0 Å². The molecule has 4 atom stereocenters. The number of amides is 1. The number of methoxy groups -OCH3 is 1.